The molecule has 0 N–H and O–H groups in total. The van der Waals surface area contributed by atoms with E-state index in [1.807, 2.05) is 0 Å². The molecule has 0 aliphatic heterocycles. The summed E-state index contributed by atoms with van der Waals surface area (Å²) in [5, 5.41) is 0. The molecular formula is C9H10N2O2. The molecule has 0 saturated heterocycles. The van der Waals surface area contributed by atoms with Crippen LogP contribution in [0.3, 0.4) is 0 Å². The van der Waals surface area contributed by atoms with Crippen molar-refractivity contribution >= 4 is 5.78 Å². The number of carbonyl (C=O) groups is 1. The summed E-state index contributed by atoms with van der Waals surface area (Å²) in [6, 6.07) is 1.46. The van der Waals surface area contributed by atoms with Crippen LogP contribution in [0.1, 0.15) is 25.3 Å². The van der Waals surface area contributed by atoms with Crippen LogP contribution in [-0.2, 0) is 4.79 Å². The summed E-state index contributed by atoms with van der Waals surface area (Å²) in [5.74, 6) is 0.237. The first-order chi connectivity index (χ1) is 6.27. The van der Waals surface area contributed by atoms with Crippen molar-refractivity contribution in [1.82, 2.24) is 9.55 Å². The average molecular weight is 178 g/mol. The van der Waals surface area contributed by atoms with Crippen molar-refractivity contribution in [2.45, 2.75) is 25.3 Å². The topological polar surface area (TPSA) is 52.0 Å². The van der Waals surface area contributed by atoms with Gasteiger partial charge in [-0.3, -0.25) is 14.2 Å². The Balaban J connectivity index is 2.31. The summed E-state index contributed by atoms with van der Waals surface area (Å²) in [7, 11) is 0. The quantitative estimate of drug-likeness (QED) is 0.630. The molecule has 1 fully saturated rings. The van der Waals surface area contributed by atoms with E-state index in [1.165, 1.54) is 18.6 Å². The van der Waals surface area contributed by atoms with Gasteiger partial charge >= 0.3 is 0 Å². The highest BCUT2D eigenvalue weighted by molar-refractivity contribution is 5.80. The Kier molecular flexibility index (Phi) is 1.96. The molecule has 13 heavy (non-hydrogen) atoms. The fourth-order valence-electron chi connectivity index (χ4n) is 1.67. The van der Waals surface area contributed by atoms with Crippen LogP contribution >= 0.6 is 0 Å². The molecule has 4 nitrogen and oxygen atoms in total. The van der Waals surface area contributed by atoms with Crippen molar-refractivity contribution in [3.8, 4) is 0 Å². The van der Waals surface area contributed by atoms with Crippen molar-refractivity contribution in [3.05, 3.63) is 28.9 Å². The third-order valence-electron chi connectivity index (χ3n) is 2.36. The van der Waals surface area contributed by atoms with E-state index in [2.05, 4.69) is 4.98 Å². The lowest BCUT2D eigenvalue weighted by atomic mass is 10.2. The first-order valence-electron chi connectivity index (χ1n) is 4.31. The monoisotopic (exact) mass is 178 g/mol. The second kappa shape index (κ2) is 3.12. The van der Waals surface area contributed by atoms with Crippen molar-refractivity contribution in [2.24, 2.45) is 0 Å². The van der Waals surface area contributed by atoms with E-state index in [4.69, 9.17) is 0 Å². The standard InChI is InChI=1S/C9H10N2O2/c12-8-2-1-7(5-8)11-6-10-4-3-9(11)13/h3-4,6-7H,1-2,5H2. The summed E-state index contributed by atoms with van der Waals surface area (Å²) in [6.07, 6.45) is 4.81. The van der Waals surface area contributed by atoms with Crippen molar-refractivity contribution < 1.29 is 4.79 Å². The molecule has 4 heteroatoms. The Morgan fingerprint density at radius 3 is 2.92 bits per heavy atom. The summed E-state index contributed by atoms with van der Waals surface area (Å²) < 4.78 is 1.55. The van der Waals surface area contributed by atoms with Gasteiger partial charge in [-0.15, -0.1) is 0 Å². The first-order valence-corrected chi connectivity index (χ1v) is 4.31. The summed E-state index contributed by atoms with van der Waals surface area (Å²) in [4.78, 5) is 26.2. The van der Waals surface area contributed by atoms with E-state index < -0.39 is 0 Å². The molecule has 1 heterocycles. The minimum Gasteiger partial charge on any atom is -0.300 e. The van der Waals surface area contributed by atoms with Crippen molar-refractivity contribution in [3.63, 3.8) is 0 Å². The summed E-state index contributed by atoms with van der Waals surface area (Å²) in [5.41, 5.74) is -0.0744. The molecule has 1 aliphatic carbocycles. The van der Waals surface area contributed by atoms with Crippen LogP contribution in [0.15, 0.2) is 23.4 Å². The summed E-state index contributed by atoms with van der Waals surface area (Å²) >= 11 is 0. The molecule has 0 bridgehead atoms. The lowest BCUT2D eigenvalue weighted by Gasteiger charge is -2.10. The van der Waals surface area contributed by atoms with Gasteiger partial charge in [0, 0.05) is 31.1 Å². The molecular weight excluding hydrogens is 168 g/mol. The number of aromatic nitrogens is 2. The molecule has 0 amide bonds. The lowest BCUT2D eigenvalue weighted by molar-refractivity contribution is -0.117. The molecule has 2 rings (SSSR count). The number of hydrogen-bond acceptors (Lipinski definition) is 3. The minimum absolute atomic E-state index is 0.0358. The number of hydrogen-bond donors (Lipinski definition) is 0. The van der Waals surface area contributed by atoms with Gasteiger partial charge in [0.2, 0.25) is 0 Å². The SMILES string of the molecule is O=C1CCC(n2cnccc2=O)C1. The van der Waals surface area contributed by atoms with Gasteiger partial charge in [0.15, 0.2) is 0 Å². The zero-order chi connectivity index (χ0) is 9.26. The van der Waals surface area contributed by atoms with Crippen LogP contribution in [0.25, 0.3) is 0 Å². The predicted molar refractivity (Wildman–Crippen MR) is 46.4 cm³/mol. The first kappa shape index (κ1) is 8.16. The summed E-state index contributed by atoms with van der Waals surface area (Å²) in [6.45, 7) is 0. The molecule has 0 aromatic carbocycles. The lowest BCUT2D eigenvalue weighted by Crippen LogP contribution is -2.22. The molecule has 1 unspecified atom stereocenters. The molecule has 1 aromatic heterocycles. The fourth-order valence-corrected chi connectivity index (χ4v) is 1.67. The third kappa shape index (κ3) is 1.52. The van der Waals surface area contributed by atoms with E-state index in [-0.39, 0.29) is 17.4 Å². The second-order valence-electron chi connectivity index (χ2n) is 3.26. The maximum absolute atomic E-state index is 11.3. The van der Waals surface area contributed by atoms with E-state index in [0.717, 1.165) is 6.42 Å². The van der Waals surface area contributed by atoms with Gasteiger partial charge in [-0.25, -0.2) is 4.98 Å². The van der Waals surface area contributed by atoms with Crippen molar-refractivity contribution in [2.75, 3.05) is 0 Å². The Morgan fingerprint density at radius 1 is 1.46 bits per heavy atom. The van der Waals surface area contributed by atoms with Gasteiger partial charge in [0.05, 0.1) is 6.33 Å². The van der Waals surface area contributed by atoms with Gasteiger partial charge in [0.25, 0.3) is 5.56 Å². The highest BCUT2D eigenvalue weighted by Crippen LogP contribution is 2.24. The molecule has 0 spiro atoms. The Labute approximate surface area is 75.2 Å². The van der Waals surface area contributed by atoms with Gasteiger partial charge in [-0.05, 0) is 6.42 Å². The number of ketones is 1. The van der Waals surface area contributed by atoms with Crippen molar-refractivity contribution in [1.29, 1.82) is 0 Å². The third-order valence-corrected chi connectivity index (χ3v) is 2.36. The molecule has 0 radical (unpaired) electrons. The largest absolute Gasteiger partial charge is 0.300 e. The van der Waals surface area contributed by atoms with Crippen LogP contribution in [0, 0.1) is 0 Å². The number of rotatable bonds is 1. The molecule has 1 aromatic rings. The number of Topliss-reactive ketones (excluding diaryl/α,β-unsaturated/α-hetero) is 1. The van der Waals surface area contributed by atoms with Crippen LogP contribution in [0.4, 0.5) is 0 Å². The van der Waals surface area contributed by atoms with Crippen LogP contribution in [0.5, 0.6) is 0 Å². The minimum atomic E-state index is -0.0744. The number of carbonyl (C=O) groups excluding carboxylic acids is 1. The zero-order valence-corrected chi connectivity index (χ0v) is 7.14. The van der Waals surface area contributed by atoms with Gasteiger partial charge in [-0.2, -0.15) is 0 Å². The van der Waals surface area contributed by atoms with E-state index in [9.17, 15) is 9.59 Å². The molecule has 68 valence electrons. The highest BCUT2D eigenvalue weighted by atomic mass is 16.1. The number of nitrogens with zero attached hydrogens (tertiary/aromatic N) is 2. The molecule has 1 aliphatic rings. The van der Waals surface area contributed by atoms with Crippen LogP contribution in [0.2, 0.25) is 0 Å². The Morgan fingerprint density at radius 2 is 2.31 bits per heavy atom. The van der Waals surface area contributed by atoms with E-state index in [1.54, 1.807) is 4.57 Å². The Hall–Kier alpha value is -1.45. The molecule has 1 saturated carbocycles. The van der Waals surface area contributed by atoms with Crippen LogP contribution < -0.4 is 5.56 Å². The van der Waals surface area contributed by atoms with Gasteiger partial charge in [0.1, 0.15) is 5.78 Å². The van der Waals surface area contributed by atoms with Gasteiger partial charge < -0.3 is 0 Å². The highest BCUT2D eigenvalue weighted by Gasteiger charge is 2.23. The fraction of sp³-hybridized carbons (Fsp3) is 0.444. The molecule has 1 atom stereocenters. The predicted octanol–water partition coefficient (Wildman–Crippen LogP) is 0.537. The maximum Gasteiger partial charge on any atom is 0.253 e. The van der Waals surface area contributed by atoms with E-state index in [0.29, 0.717) is 12.8 Å². The average Bonchev–Trinajstić information content (AvgIpc) is 2.53. The van der Waals surface area contributed by atoms with Crippen LogP contribution in [-0.4, -0.2) is 15.3 Å². The smallest absolute Gasteiger partial charge is 0.253 e. The van der Waals surface area contributed by atoms with E-state index >= 15 is 0 Å². The maximum atomic E-state index is 11.3. The second-order valence-corrected chi connectivity index (χ2v) is 3.26. The normalized spacial score (nSPS) is 22.2. The zero-order valence-electron chi connectivity index (χ0n) is 7.14. The Bertz CT molecular complexity index is 383. The van der Waals surface area contributed by atoms with Gasteiger partial charge in [-0.1, -0.05) is 0 Å².